The fraction of sp³-hybridized carbons (Fsp3) is 0.533. The largest absolute Gasteiger partial charge is 0.398 e. The van der Waals surface area contributed by atoms with Gasteiger partial charge in [0.1, 0.15) is 0 Å². The zero-order valence-corrected chi connectivity index (χ0v) is 12.5. The lowest BCUT2D eigenvalue weighted by Gasteiger charge is -2.33. The van der Waals surface area contributed by atoms with Crippen molar-refractivity contribution >= 4 is 23.2 Å². The predicted molar refractivity (Wildman–Crippen MR) is 81.0 cm³/mol. The zero-order valence-electron chi connectivity index (χ0n) is 11.8. The molecule has 1 heterocycles. The van der Waals surface area contributed by atoms with E-state index in [0.717, 1.165) is 32.4 Å². The Balaban J connectivity index is 2.06. The van der Waals surface area contributed by atoms with Crippen LogP contribution in [-0.4, -0.2) is 36.6 Å². The topological polar surface area (TPSA) is 55.6 Å². The number of likely N-dealkylation sites (tertiary alicyclic amines) is 1. The number of hydrogen-bond donors (Lipinski definition) is 1. The lowest BCUT2D eigenvalue weighted by molar-refractivity contribution is 0.00212. The Morgan fingerprint density at radius 3 is 3.10 bits per heavy atom. The average Bonchev–Trinajstić information content (AvgIpc) is 2.47. The third kappa shape index (κ3) is 3.44. The van der Waals surface area contributed by atoms with E-state index < -0.39 is 0 Å². The second kappa shape index (κ2) is 6.95. The van der Waals surface area contributed by atoms with Crippen molar-refractivity contribution in [2.45, 2.75) is 32.3 Å². The van der Waals surface area contributed by atoms with Gasteiger partial charge >= 0.3 is 0 Å². The highest BCUT2D eigenvalue weighted by Gasteiger charge is 2.26. The first-order chi connectivity index (χ1) is 9.63. The standard InChI is InChI=1S/C15H21ClN2O2/c1-2-9-20-11-5-4-8-18(10-11)15(19)12-6-3-7-13(17)14(12)16/h3,6-7,11H,2,4-5,8-10,17H2,1H3. The van der Waals surface area contributed by atoms with Gasteiger partial charge in [-0.25, -0.2) is 0 Å². The Morgan fingerprint density at radius 2 is 2.35 bits per heavy atom. The number of anilines is 1. The fourth-order valence-electron chi connectivity index (χ4n) is 2.43. The Labute approximate surface area is 124 Å². The summed E-state index contributed by atoms with van der Waals surface area (Å²) in [7, 11) is 0. The number of piperidine rings is 1. The summed E-state index contributed by atoms with van der Waals surface area (Å²) in [6.45, 7) is 4.20. The van der Waals surface area contributed by atoms with E-state index in [1.165, 1.54) is 0 Å². The van der Waals surface area contributed by atoms with Crippen LogP contribution in [0.15, 0.2) is 18.2 Å². The van der Waals surface area contributed by atoms with Crippen molar-refractivity contribution in [2.24, 2.45) is 0 Å². The van der Waals surface area contributed by atoms with E-state index in [1.807, 2.05) is 4.90 Å². The van der Waals surface area contributed by atoms with E-state index in [0.29, 0.717) is 22.8 Å². The highest BCUT2D eigenvalue weighted by molar-refractivity contribution is 6.36. The molecule has 2 rings (SSSR count). The molecular formula is C15H21ClN2O2. The van der Waals surface area contributed by atoms with Crippen molar-refractivity contribution in [3.05, 3.63) is 28.8 Å². The van der Waals surface area contributed by atoms with Gasteiger partial charge in [-0.05, 0) is 31.4 Å². The number of carbonyl (C=O) groups excluding carboxylic acids is 1. The Morgan fingerprint density at radius 1 is 1.55 bits per heavy atom. The number of amides is 1. The minimum Gasteiger partial charge on any atom is -0.398 e. The molecular weight excluding hydrogens is 276 g/mol. The number of nitrogen functional groups attached to an aromatic ring is 1. The van der Waals surface area contributed by atoms with Gasteiger partial charge in [0.25, 0.3) is 5.91 Å². The van der Waals surface area contributed by atoms with Crippen LogP contribution in [0.5, 0.6) is 0 Å². The van der Waals surface area contributed by atoms with Gasteiger partial charge in [-0.3, -0.25) is 4.79 Å². The number of rotatable bonds is 4. The number of carbonyl (C=O) groups is 1. The molecule has 1 atom stereocenters. The molecule has 1 fully saturated rings. The number of benzene rings is 1. The molecule has 4 nitrogen and oxygen atoms in total. The summed E-state index contributed by atoms with van der Waals surface area (Å²) in [5, 5.41) is 0.342. The Bertz CT molecular complexity index is 479. The second-order valence-electron chi connectivity index (χ2n) is 5.09. The highest BCUT2D eigenvalue weighted by atomic mass is 35.5. The van der Waals surface area contributed by atoms with Gasteiger partial charge < -0.3 is 15.4 Å². The SMILES string of the molecule is CCCOC1CCCN(C(=O)c2cccc(N)c2Cl)C1. The molecule has 1 aliphatic rings. The third-order valence-electron chi connectivity index (χ3n) is 3.48. The van der Waals surface area contributed by atoms with Crippen LogP contribution in [-0.2, 0) is 4.74 Å². The van der Waals surface area contributed by atoms with Gasteiger partial charge in [-0.15, -0.1) is 0 Å². The van der Waals surface area contributed by atoms with E-state index in [4.69, 9.17) is 22.1 Å². The van der Waals surface area contributed by atoms with E-state index in [9.17, 15) is 4.79 Å². The number of hydrogen-bond acceptors (Lipinski definition) is 3. The first-order valence-electron chi connectivity index (χ1n) is 7.08. The quantitative estimate of drug-likeness (QED) is 0.869. The van der Waals surface area contributed by atoms with Crippen molar-refractivity contribution in [1.29, 1.82) is 0 Å². The number of ether oxygens (including phenoxy) is 1. The van der Waals surface area contributed by atoms with Gasteiger partial charge in [0.05, 0.1) is 22.4 Å². The van der Waals surface area contributed by atoms with E-state index in [2.05, 4.69) is 6.92 Å². The van der Waals surface area contributed by atoms with E-state index in [-0.39, 0.29) is 12.0 Å². The summed E-state index contributed by atoms with van der Waals surface area (Å²) in [5.74, 6) is -0.0629. The maximum atomic E-state index is 12.5. The lowest BCUT2D eigenvalue weighted by Crippen LogP contribution is -2.43. The zero-order chi connectivity index (χ0) is 14.5. The number of nitrogens with two attached hydrogens (primary N) is 1. The molecule has 1 aromatic rings. The van der Waals surface area contributed by atoms with Gasteiger partial charge in [0, 0.05) is 19.7 Å². The Hall–Kier alpha value is -1.26. The molecule has 0 saturated carbocycles. The molecule has 2 N–H and O–H groups in total. The van der Waals surface area contributed by atoms with Crippen LogP contribution < -0.4 is 5.73 Å². The van der Waals surface area contributed by atoms with Crippen LogP contribution in [0.25, 0.3) is 0 Å². The van der Waals surface area contributed by atoms with Crippen LogP contribution in [0.1, 0.15) is 36.5 Å². The van der Waals surface area contributed by atoms with Gasteiger partial charge in [-0.2, -0.15) is 0 Å². The molecule has 110 valence electrons. The summed E-state index contributed by atoms with van der Waals surface area (Å²) in [6, 6.07) is 5.17. The molecule has 0 radical (unpaired) electrons. The van der Waals surface area contributed by atoms with Crippen molar-refractivity contribution in [2.75, 3.05) is 25.4 Å². The molecule has 0 aliphatic carbocycles. The van der Waals surface area contributed by atoms with Crippen LogP contribution in [0.2, 0.25) is 5.02 Å². The Kier molecular flexibility index (Phi) is 5.26. The van der Waals surface area contributed by atoms with Gasteiger partial charge in [0.2, 0.25) is 0 Å². The summed E-state index contributed by atoms with van der Waals surface area (Å²) in [4.78, 5) is 14.3. The van der Waals surface area contributed by atoms with Crippen LogP contribution >= 0.6 is 11.6 Å². The lowest BCUT2D eigenvalue weighted by atomic mass is 10.1. The molecule has 0 aromatic heterocycles. The van der Waals surface area contributed by atoms with Gasteiger partial charge in [-0.1, -0.05) is 24.6 Å². The third-order valence-corrected chi connectivity index (χ3v) is 3.90. The minimum atomic E-state index is -0.0629. The summed E-state index contributed by atoms with van der Waals surface area (Å²) < 4.78 is 5.75. The minimum absolute atomic E-state index is 0.0629. The van der Waals surface area contributed by atoms with Crippen molar-refractivity contribution in [3.63, 3.8) is 0 Å². The monoisotopic (exact) mass is 296 g/mol. The van der Waals surface area contributed by atoms with Crippen LogP contribution in [0.4, 0.5) is 5.69 Å². The summed E-state index contributed by atoms with van der Waals surface area (Å²) >= 11 is 6.12. The smallest absolute Gasteiger partial charge is 0.255 e. The average molecular weight is 297 g/mol. The van der Waals surface area contributed by atoms with Crippen molar-refractivity contribution in [1.82, 2.24) is 4.90 Å². The number of halogens is 1. The molecule has 1 aliphatic heterocycles. The highest BCUT2D eigenvalue weighted by Crippen LogP contribution is 2.25. The molecule has 1 saturated heterocycles. The van der Waals surface area contributed by atoms with E-state index in [1.54, 1.807) is 18.2 Å². The molecule has 1 amide bonds. The summed E-state index contributed by atoms with van der Waals surface area (Å²) in [5.41, 5.74) is 6.67. The molecule has 0 bridgehead atoms. The van der Waals surface area contributed by atoms with Crippen LogP contribution in [0.3, 0.4) is 0 Å². The maximum absolute atomic E-state index is 12.5. The predicted octanol–water partition coefficient (Wildman–Crippen LogP) is 2.95. The molecule has 1 unspecified atom stereocenters. The molecule has 5 heteroatoms. The fourth-order valence-corrected chi connectivity index (χ4v) is 2.64. The summed E-state index contributed by atoms with van der Waals surface area (Å²) in [6.07, 6.45) is 3.09. The van der Waals surface area contributed by atoms with Gasteiger partial charge in [0.15, 0.2) is 0 Å². The molecule has 1 aromatic carbocycles. The maximum Gasteiger partial charge on any atom is 0.255 e. The number of nitrogens with zero attached hydrogens (tertiary/aromatic N) is 1. The van der Waals surface area contributed by atoms with Crippen LogP contribution in [0, 0.1) is 0 Å². The van der Waals surface area contributed by atoms with Crippen molar-refractivity contribution < 1.29 is 9.53 Å². The normalized spacial score (nSPS) is 19.1. The van der Waals surface area contributed by atoms with Crippen molar-refractivity contribution in [3.8, 4) is 0 Å². The molecule has 0 spiro atoms. The second-order valence-corrected chi connectivity index (χ2v) is 5.47. The molecule has 20 heavy (non-hydrogen) atoms. The van der Waals surface area contributed by atoms with E-state index >= 15 is 0 Å². The first-order valence-corrected chi connectivity index (χ1v) is 7.46. The first kappa shape index (κ1) is 15.1.